The molecule has 0 radical (unpaired) electrons. The molecule has 1 aromatic carbocycles. The molecule has 1 aliphatic heterocycles. The number of thiocarbonyl (C=S) groups is 1. The summed E-state index contributed by atoms with van der Waals surface area (Å²) in [6.45, 7) is 0.660. The average molecular weight is 314 g/mol. The van der Waals surface area contributed by atoms with Gasteiger partial charge in [0.1, 0.15) is 4.99 Å². The van der Waals surface area contributed by atoms with Crippen LogP contribution in [-0.2, 0) is 4.79 Å². The molecule has 0 spiro atoms. The molecule has 0 saturated carbocycles. The zero-order valence-electron chi connectivity index (χ0n) is 9.00. The van der Waals surface area contributed by atoms with E-state index in [1.165, 1.54) is 0 Å². The minimum absolute atomic E-state index is 0.0846. The van der Waals surface area contributed by atoms with Gasteiger partial charge < -0.3 is 16.4 Å². The third-order valence-corrected chi connectivity index (χ3v) is 3.46. The zero-order valence-corrected chi connectivity index (χ0v) is 11.4. The predicted octanol–water partition coefficient (Wildman–Crippen LogP) is 1.38. The van der Waals surface area contributed by atoms with Crippen LogP contribution in [0.3, 0.4) is 0 Å². The van der Waals surface area contributed by atoms with E-state index in [0.29, 0.717) is 18.0 Å². The van der Waals surface area contributed by atoms with Gasteiger partial charge in [0.15, 0.2) is 0 Å². The Hall–Kier alpha value is -1.14. The molecule has 1 unspecified atom stereocenters. The number of anilines is 1. The van der Waals surface area contributed by atoms with Gasteiger partial charge in [-0.1, -0.05) is 12.2 Å². The molecule has 2 rings (SSSR count). The van der Waals surface area contributed by atoms with E-state index in [2.05, 4.69) is 26.6 Å². The number of nitrogens with two attached hydrogens (primary N) is 1. The van der Waals surface area contributed by atoms with Crippen molar-refractivity contribution in [3.63, 3.8) is 0 Å². The summed E-state index contributed by atoms with van der Waals surface area (Å²) in [5.74, 6) is 0.0846. The van der Waals surface area contributed by atoms with Crippen LogP contribution in [0.4, 0.5) is 5.69 Å². The number of carbonyl (C=O) groups is 1. The van der Waals surface area contributed by atoms with Crippen LogP contribution >= 0.6 is 28.1 Å². The first kappa shape index (κ1) is 12.3. The Bertz CT molecular complexity index is 478. The molecule has 6 heteroatoms. The van der Waals surface area contributed by atoms with E-state index >= 15 is 0 Å². The molecule has 0 bridgehead atoms. The van der Waals surface area contributed by atoms with Gasteiger partial charge in [-0.25, -0.2) is 0 Å². The Morgan fingerprint density at radius 3 is 2.88 bits per heavy atom. The molecule has 0 aromatic heterocycles. The summed E-state index contributed by atoms with van der Waals surface area (Å²) >= 11 is 8.34. The molecule has 1 fully saturated rings. The SMILES string of the molecule is NC(=S)c1ccc(NC2CNC(=O)C2)cc1Br. The molecule has 4 nitrogen and oxygen atoms in total. The van der Waals surface area contributed by atoms with E-state index in [-0.39, 0.29) is 11.9 Å². The summed E-state index contributed by atoms with van der Waals surface area (Å²) in [4.78, 5) is 11.4. The van der Waals surface area contributed by atoms with Crippen molar-refractivity contribution in [2.75, 3.05) is 11.9 Å². The highest BCUT2D eigenvalue weighted by molar-refractivity contribution is 9.10. The smallest absolute Gasteiger partial charge is 0.222 e. The maximum Gasteiger partial charge on any atom is 0.222 e. The highest BCUT2D eigenvalue weighted by atomic mass is 79.9. The van der Waals surface area contributed by atoms with Crippen LogP contribution in [-0.4, -0.2) is 23.5 Å². The number of hydrogen-bond donors (Lipinski definition) is 3. The summed E-state index contributed by atoms with van der Waals surface area (Å²) in [6, 6.07) is 5.82. The maximum absolute atomic E-state index is 11.1. The standard InChI is InChI=1S/C11H12BrN3OS/c12-9-3-6(1-2-8(9)11(13)17)15-7-4-10(16)14-5-7/h1-3,7,15H,4-5H2,(H2,13,17)(H,14,16). The lowest BCUT2D eigenvalue weighted by atomic mass is 10.2. The van der Waals surface area contributed by atoms with Crippen LogP contribution in [0.25, 0.3) is 0 Å². The predicted molar refractivity (Wildman–Crippen MR) is 75.1 cm³/mol. The number of hydrogen-bond acceptors (Lipinski definition) is 3. The summed E-state index contributed by atoms with van der Waals surface area (Å²) in [6.07, 6.45) is 0.509. The minimum Gasteiger partial charge on any atom is -0.389 e. The van der Waals surface area contributed by atoms with Crippen molar-refractivity contribution in [1.82, 2.24) is 5.32 Å². The molecule has 90 valence electrons. The molecule has 0 aliphatic carbocycles. The largest absolute Gasteiger partial charge is 0.389 e. The van der Waals surface area contributed by atoms with Gasteiger partial charge in [0.05, 0.1) is 6.04 Å². The molecule has 4 N–H and O–H groups in total. The van der Waals surface area contributed by atoms with Gasteiger partial charge in [-0.15, -0.1) is 0 Å². The number of rotatable bonds is 3. The quantitative estimate of drug-likeness (QED) is 0.738. The molecule has 1 aromatic rings. The van der Waals surface area contributed by atoms with Crippen LogP contribution in [0.5, 0.6) is 0 Å². The zero-order chi connectivity index (χ0) is 12.4. The summed E-state index contributed by atoms with van der Waals surface area (Å²) in [5.41, 5.74) is 7.33. The Morgan fingerprint density at radius 2 is 2.35 bits per heavy atom. The van der Waals surface area contributed by atoms with Gasteiger partial charge in [0, 0.05) is 28.7 Å². The molecular formula is C11H12BrN3OS. The molecule has 1 aliphatic rings. The lowest BCUT2D eigenvalue weighted by Crippen LogP contribution is -2.22. The molecule has 1 saturated heterocycles. The maximum atomic E-state index is 11.1. The Kier molecular flexibility index (Phi) is 3.63. The van der Waals surface area contributed by atoms with Crippen LogP contribution < -0.4 is 16.4 Å². The Morgan fingerprint density at radius 1 is 1.59 bits per heavy atom. The van der Waals surface area contributed by atoms with Crippen molar-refractivity contribution < 1.29 is 4.79 Å². The van der Waals surface area contributed by atoms with E-state index in [0.717, 1.165) is 15.7 Å². The third-order valence-electron chi connectivity index (χ3n) is 2.58. The van der Waals surface area contributed by atoms with Gasteiger partial charge in [0.25, 0.3) is 0 Å². The molecule has 1 atom stereocenters. The second-order valence-corrected chi connectivity index (χ2v) is 5.20. The van der Waals surface area contributed by atoms with Crippen LogP contribution in [0.1, 0.15) is 12.0 Å². The van der Waals surface area contributed by atoms with Crippen LogP contribution in [0.2, 0.25) is 0 Å². The Balaban J connectivity index is 2.10. The number of amides is 1. The van der Waals surface area contributed by atoms with Gasteiger partial charge >= 0.3 is 0 Å². The molecule has 1 heterocycles. The van der Waals surface area contributed by atoms with Crippen molar-refractivity contribution in [3.05, 3.63) is 28.2 Å². The van der Waals surface area contributed by atoms with Crippen molar-refractivity contribution in [2.24, 2.45) is 5.73 Å². The van der Waals surface area contributed by atoms with Crippen LogP contribution in [0, 0.1) is 0 Å². The molecule has 17 heavy (non-hydrogen) atoms. The van der Waals surface area contributed by atoms with E-state index in [1.54, 1.807) is 0 Å². The second kappa shape index (κ2) is 5.01. The number of nitrogens with one attached hydrogen (secondary N) is 2. The topological polar surface area (TPSA) is 67.2 Å². The first-order valence-electron chi connectivity index (χ1n) is 5.19. The number of halogens is 1. The van der Waals surface area contributed by atoms with E-state index in [1.807, 2.05) is 18.2 Å². The summed E-state index contributed by atoms with van der Waals surface area (Å²) < 4.78 is 0.854. The first-order chi connectivity index (χ1) is 8.06. The van der Waals surface area contributed by atoms with Crippen molar-refractivity contribution in [3.8, 4) is 0 Å². The fourth-order valence-corrected chi connectivity index (χ4v) is 2.65. The first-order valence-corrected chi connectivity index (χ1v) is 6.39. The molecule has 1 amide bonds. The summed E-state index contributed by atoms with van der Waals surface area (Å²) in [7, 11) is 0. The Labute approximate surface area is 113 Å². The lowest BCUT2D eigenvalue weighted by Gasteiger charge is -2.13. The van der Waals surface area contributed by atoms with E-state index < -0.39 is 0 Å². The number of carbonyl (C=O) groups excluding carboxylic acids is 1. The van der Waals surface area contributed by atoms with Gasteiger partial charge in [-0.2, -0.15) is 0 Å². The fraction of sp³-hybridized carbons (Fsp3) is 0.273. The summed E-state index contributed by atoms with van der Waals surface area (Å²) in [5, 5.41) is 6.06. The van der Waals surface area contributed by atoms with Gasteiger partial charge in [-0.3, -0.25) is 4.79 Å². The fourth-order valence-electron chi connectivity index (χ4n) is 1.75. The van der Waals surface area contributed by atoms with Crippen molar-refractivity contribution >= 4 is 44.7 Å². The highest BCUT2D eigenvalue weighted by Crippen LogP contribution is 2.22. The normalized spacial score (nSPS) is 18.9. The minimum atomic E-state index is 0.0846. The number of benzene rings is 1. The molecular weight excluding hydrogens is 302 g/mol. The van der Waals surface area contributed by atoms with Gasteiger partial charge in [0.2, 0.25) is 5.91 Å². The van der Waals surface area contributed by atoms with Crippen molar-refractivity contribution in [2.45, 2.75) is 12.5 Å². The second-order valence-electron chi connectivity index (χ2n) is 3.91. The van der Waals surface area contributed by atoms with E-state index in [9.17, 15) is 4.79 Å². The lowest BCUT2D eigenvalue weighted by molar-refractivity contribution is -0.119. The van der Waals surface area contributed by atoms with Crippen molar-refractivity contribution in [1.29, 1.82) is 0 Å². The highest BCUT2D eigenvalue weighted by Gasteiger charge is 2.21. The average Bonchev–Trinajstić information content (AvgIpc) is 2.63. The van der Waals surface area contributed by atoms with Gasteiger partial charge in [-0.05, 0) is 34.1 Å². The monoisotopic (exact) mass is 313 g/mol. The van der Waals surface area contributed by atoms with E-state index in [4.69, 9.17) is 18.0 Å². The van der Waals surface area contributed by atoms with Crippen LogP contribution in [0.15, 0.2) is 22.7 Å². The third kappa shape index (κ3) is 2.95.